The van der Waals surface area contributed by atoms with Gasteiger partial charge in [-0.05, 0) is 60.7 Å². The van der Waals surface area contributed by atoms with Crippen molar-refractivity contribution in [1.82, 2.24) is 0 Å². The van der Waals surface area contributed by atoms with Crippen LogP contribution in [0, 0.1) is 0 Å². The molecule has 10 heteroatoms. The van der Waals surface area contributed by atoms with Crippen LogP contribution in [0.4, 0.5) is 17.1 Å². The Kier molecular flexibility index (Phi) is 6.08. The molecule has 1 atom stereocenters. The Morgan fingerprint density at radius 1 is 0.805 bits per heavy atom. The molecule has 2 aliphatic rings. The van der Waals surface area contributed by atoms with Gasteiger partial charge in [-0.15, -0.1) is 0 Å². The van der Waals surface area contributed by atoms with Gasteiger partial charge >= 0.3 is 23.4 Å². The molecule has 0 aromatic heterocycles. The summed E-state index contributed by atoms with van der Waals surface area (Å²) >= 11 is 6.06. The molecule has 9 nitrogen and oxygen atoms in total. The van der Waals surface area contributed by atoms with Gasteiger partial charge in [-0.1, -0.05) is 60.1 Å². The standard InChI is InChI=1S/C31H21ClN4O5/c32-20-17-15-19(16-18-20)26(38)25-27(39)28(40)36(23-13-7-8-14-24(23)37)31(25)29(41)34(21-9-3-1-4-10-21)30(33)35(31)22-11-5-2-6-12-22/h1-18,33H,(H2,37,38,39)/p+1. The molecule has 2 amide bonds. The molecule has 4 aromatic carbocycles. The van der Waals surface area contributed by atoms with Gasteiger partial charge in [0.1, 0.15) is 28.5 Å². The molecule has 1 saturated heterocycles. The summed E-state index contributed by atoms with van der Waals surface area (Å²) in [5.74, 6) is -4.20. The second kappa shape index (κ2) is 9.65. The maximum atomic E-state index is 14.9. The van der Waals surface area contributed by atoms with Crippen molar-refractivity contribution in [3.05, 3.63) is 125 Å². The molecule has 1 spiro atoms. The zero-order chi connectivity index (χ0) is 28.9. The van der Waals surface area contributed by atoms with Gasteiger partial charge in [0.2, 0.25) is 0 Å². The quantitative estimate of drug-likeness (QED) is 0.146. The van der Waals surface area contributed by atoms with Crippen LogP contribution in [-0.4, -0.2) is 44.0 Å². The predicted octanol–water partition coefficient (Wildman–Crippen LogP) is 4.33. The number of aliphatic hydroxyl groups excluding tert-OH is 1. The summed E-state index contributed by atoms with van der Waals surface area (Å²) in [5.41, 5.74) is 4.58. The summed E-state index contributed by atoms with van der Waals surface area (Å²) in [5, 5.41) is 23.0. The molecule has 4 N–H and O–H groups in total. The van der Waals surface area contributed by atoms with E-state index >= 15 is 0 Å². The van der Waals surface area contributed by atoms with Crippen LogP contribution >= 0.6 is 11.6 Å². The summed E-state index contributed by atoms with van der Waals surface area (Å²) in [6, 6.07) is 28.7. The largest absolute Gasteiger partial charge is 0.507 e. The smallest absolute Gasteiger partial charge is 0.366 e. The number of anilines is 2. The number of halogens is 1. The lowest BCUT2D eigenvalue weighted by Gasteiger charge is -2.33. The Morgan fingerprint density at radius 3 is 2.02 bits per heavy atom. The number of phenolic OH excluding ortho intramolecular Hbond substituents is 1. The van der Waals surface area contributed by atoms with Crippen LogP contribution in [0.5, 0.6) is 5.75 Å². The number of nitrogens with two attached hydrogens (primary N) is 1. The Labute approximate surface area is 239 Å². The number of hydrogen-bond acceptors (Lipinski definition) is 6. The molecule has 6 rings (SSSR count). The maximum absolute atomic E-state index is 14.9. The fraction of sp³-hybridized carbons (Fsp3) is 0.0323. The van der Waals surface area contributed by atoms with E-state index in [1.165, 1.54) is 51.9 Å². The number of nitrogens with zero attached hydrogens (tertiary/aromatic N) is 3. The van der Waals surface area contributed by atoms with Crippen molar-refractivity contribution in [3.8, 4) is 5.75 Å². The number of guanidine groups is 1. The highest BCUT2D eigenvalue weighted by Gasteiger charge is 2.74. The molecule has 0 bridgehead atoms. The average Bonchev–Trinajstić information content (AvgIpc) is 3.35. The maximum Gasteiger partial charge on any atom is 0.366 e. The molecule has 1 unspecified atom stereocenters. The van der Waals surface area contributed by atoms with E-state index in [1.54, 1.807) is 66.7 Å². The van der Waals surface area contributed by atoms with E-state index in [4.69, 9.17) is 17.3 Å². The lowest BCUT2D eigenvalue weighted by atomic mass is 9.93. The van der Waals surface area contributed by atoms with E-state index < -0.39 is 34.6 Å². The third kappa shape index (κ3) is 3.70. The van der Waals surface area contributed by atoms with Crippen LogP contribution in [0.3, 0.4) is 0 Å². The summed E-state index contributed by atoms with van der Waals surface area (Å²) in [4.78, 5) is 44.9. The number of rotatable bonds is 4. The highest BCUT2D eigenvalue weighted by Crippen LogP contribution is 2.49. The normalized spacial score (nSPS) is 20.0. The SMILES string of the molecule is NC1=[N+](c2ccccc2)C2(C(=O)N1c1ccccc1)/C(=C(\O)c1ccc(Cl)cc1)C(=O)C(=O)N2c1ccccc1O. The molecule has 0 radical (unpaired) electrons. The third-order valence-corrected chi connectivity index (χ3v) is 7.34. The topological polar surface area (TPSA) is 127 Å². The first-order valence-electron chi connectivity index (χ1n) is 12.5. The Hall–Kier alpha value is -5.41. The van der Waals surface area contributed by atoms with Gasteiger partial charge in [-0.3, -0.25) is 20.2 Å². The predicted molar refractivity (Wildman–Crippen MR) is 154 cm³/mol. The summed E-state index contributed by atoms with van der Waals surface area (Å²) in [6.07, 6.45) is 0. The van der Waals surface area contributed by atoms with E-state index in [2.05, 4.69) is 0 Å². The first-order chi connectivity index (χ1) is 19.8. The Balaban J connectivity index is 1.78. The molecular formula is C31H22ClN4O5+. The van der Waals surface area contributed by atoms with Crippen LogP contribution in [0.15, 0.2) is 115 Å². The number of Topliss-reactive ketones (excluding diaryl/α,β-unsaturated/α-hetero) is 1. The molecule has 0 aliphatic carbocycles. The zero-order valence-electron chi connectivity index (χ0n) is 21.3. The molecule has 2 heterocycles. The summed E-state index contributed by atoms with van der Waals surface area (Å²) in [7, 11) is 0. The van der Waals surface area contributed by atoms with Crippen molar-refractivity contribution in [1.29, 1.82) is 0 Å². The second-order valence-corrected chi connectivity index (χ2v) is 9.80. The first-order valence-corrected chi connectivity index (χ1v) is 12.9. The van der Waals surface area contributed by atoms with Crippen molar-refractivity contribution < 1.29 is 29.2 Å². The number of phenols is 1. The van der Waals surface area contributed by atoms with Crippen molar-refractivity contribution in [2.75, 3.05) is 9.80 Å². The molecular weight excluding hydrogens is 544 g/mol. The van der Waals surface area contributed by atoms with Gasteiger partial charge in [0.15, 0.2) is 0 Å². The molecule has 4 aromatic rings. The highest BCUT2D eigenvalue weighted by molar-refractivity contribution is 6.55. The number of aliphatic hydroxyl groups is 1. The minimum absolute atomic E-state index is 0.123. The number of carbonyl (C=O) groups is 3. The number of para-hydroxylation sites is 4. The zero-order valence-corrected chi connectivity index (χ0v) is 22.1. The van der Waals surface area contributed by atoms with Gasteiger partial charge in [-0.2, -0.15) is 9.48 Å². The van der Waals surface area contributed by atoms with E-state index in [0.29, 0.717) is 16.4 Å². The van der Waals surface area contributed by atoms with Gasteiger partial charge in [0.25, 0.3) is 5.78 Å². The van der Waals surface area contributed by atoms with Gasteiger partial charge in [0.05, 0.1) is 5.69 Å². The van der Waals surface area contributed by atoms with Gasteiger partial charge in [0, 0.05) is 10.6 Å². The van der Waals surface area contributed by atoms with Crippen molar-refractivity contribution in [2.45, 2.75) is 5.66 Å². The summed E-state index contributed by atoms with van der Waals surface area (Å²) < 4.78 is 1.33. The molecule has 202 valence electrons. The fourth-order valence-corrected chi connectivity index (χ4v) is 5.47. The van der Waals surface area contributed by atoms with E-state index in [9.17, 15) is 24.6 Å². The summed E-state index contributed by atoms with van der Waals surface area (Å²) in [6.45, 7) is 0. The van der Waals surface area contributed by atoms with Crippen LogP contribution < -0.4 is 15.5 Å². The molecule has 0 saturated carbocycles. The molecule has 1 fully saturated rings. The number of ketones is 1. The lowest BCUT2D eigenvalue weighted by Crippen LogP contribution is -2.59. The monoisotopic (exact) mass is 565 g/mol. The van der Waals surface area contributed by atoms with Crippen LogP contribution in [0.1, 0.15) is 5.56 Å². The number of carbonyl (C=O) groups excluding carboxylic acids is 3. The highest BCUT2D eigenvalue weighted by atomic mass is 35.5. The molecule has 2 aliphatic heterocycles. The number of hydrogen-bond donors (Lipinski definition) is 3. The first kappa shape index (κ1) is 25.8. The van der Waals surface area contributed by atoms with E-state index in [1.807, 2.05) is 0 Å². The van der Waals surface area contributed by atoms with E-state index in [-0.39, 0.29) is 23.0 Å². The second-order valence-electron chi connectivity index (χ2n) is 9.37. The van der Waals surface area contributed by atoms with Crippen LogP contribution in [0.2, 0.25) is 5.02 Å². The Morgan fingerprint density at radius 2 is 1.39 bits per heavy atom. The van der Waals surface area contributed by atoms with Gasteiger partial charge < -0.3 is 10.2 Å². The fourth-order valence-electron chi connectivity index (χ4n) is 5.35. The minimum Gasteiger partial charge on any atom is -0.507 e. The minimum atomic E-state index is -2.36. The van der Waals surface area contributed by atoms with Crippen LogP contribution in [-0.2, 0) is 14.4 Å². The van der Waals surface area contributed by atoms with Gasteiger partial charge in [-0.25, -0.2) is 4.79 Å². The van der Waals surface area contributed by atoms with Crippen molar-refractivity contribution in [2.24, 2.45) is 5.73 Å². The Bertz CT molecular complexity index is 1790. The molecule has 41 heavy (non-hydrogen) atoms. The number of amides is 2. The van der Waals surface area contributed by atoms with Crippen LogP contribution in [0.25, 0.3) is 5.76 Å². The number of benzene rings is 4. The number of aromatic hydroxyl groups is 1. The lowest BCUT2D eigenvalue weighted by molar-refractivity contribution is -0.494. The van der Waals surface area contributed by atoms with Crippen molar-refractivity contribution in [3.63, 3.8) is 0 Å². The van der Waals surface area contributed by atoms with Crippen molar-refractivity contribution >= 4 is 58.0 Å². The average molecular weight is 566 g/mol. The van der Waals surface area contributed by atoms with E-state index in [0.717, 1.165) is 4.90 Å². The third-order valence-electron chi connectivity index (χ3n) is 7.09.